The van der Waals surface area contributed by atoms with Gasteiger partial charge in [-0.1, -0.05) is 13.8 Å². The van der Waals surface area contributed by atoms with E-state index in [9.17, 15) is 18.0 Å². The van der Waals surface area contributed by atoms with Gasteiger partial charge in [0.2, 0.25) is 0 Å². The number of rotatable bonds is 7. The average Bonchev–Trinajstić information content (AvgIpc) is 2.31. The third-order valence-corrected chi connectivity index (χ3v) is 4.45. The summed E-state index contributed by atoms with van der Waals surface area (Å²) >= 11 is 0. The maximum atomic E-state index is 12.1. The molecule has 0 bridgehead atoms. The molecule has 1 aliphatic rings. The van der Waals surface area contributed by atoms with Crippen LogP contribution in [0.4, 0.5) is 13.2 Å². The lowest BCUT2D eigenvalue weighted by Crippen LogP contribution is -2.38. The van der Waals surface area contributed by atoms with Gasteiger partial charge in [-0.3, -0.25) is 4.79 Å². The molecule has 0 aromatic rings. The van der Waals surface area contributed by atoms with E-state index < -0.39 is 18.6 Å². The minimum atomic E-state index is -4.10. The lowest BCUT2D eigenvalue weighted by molar-refractivity contribution is -0.140. The van der Waals surface area contributed by atoms with Crippen LogP contribution in [0.2, 0.25) is 0 Å². The van der Waals surface area contributed by atoms with E-state index in [0.29, 0.717) is 24.9 Å². The summed E-state index contributed by atoms with van der Waals surface area (Å²) in [7, 11) is 0. The molecule has 4 atom stereocenters. The predicted molar refractivity (Wildman–Crippen MR) is 75.0 cm³/mol. The van der Waals surface area contributed by atoms with E-state index in [1.165, 1.54) is 0 Å². The normalized spacial score (nSPS) is 30.3. The molecule has 124 valence electrons. The quantitative estimate of drug-likeness (QED) is 0.705. The number of carbonyl (C=O) groups is 1. The molecule has 0 aromatic heterocycles. The highest BCUT2D eigenvalue weighted by molar-refractivity contribution is 5.67. The zero-order valence-corrected chi connectivity index (χ0v) is 12.7. The standard InChI is InChI=1S/C15H26F3NO2/c1-10-6-11(2)13(8-14(20)21)12(7-10)9-19-5-3-4-15(16,17)18/h10-13,19H,3-9H2,1-2H3,(H,20,21). The van der Waals surface area contributed by atoms with Gasteiger partial charge in [0.05, 0.1) is 0 Å². The van der Waals surface area contributed by atoms with E-state index in [-0.39, 0.29) is 24.7 Å². The summed E-state index contributed by atoms with van der Waals surface area (Å²) < 4.78 is 36.2. The molecule has 0 spiro atoms. The Bertz CT molecular complexity index is 333. The van der Waals surface area contributed by atoms with Crippen molar-refractivity contribution in [2.45, 2.75) is 52.1 Å². The van der Waals surface area contributed by atoms with Gasteiger partial charge in [-0.05, 0) is 56.0 Å². The van der Waals surface area contributed by atoms with Gasteiger partial charge in [-0.15, -0.1) is 0 Å². The summed E-state index contributed by atoms with van der Waals surface area (Å²) in [6.07, 6.45) is -2.65. The molecule has 0 radical (unpaired) electrons. The molecule has 0 saturated heterocycles. The van der Waals surface area contributed by atoms with Gasteiger partial charge >= 0.3 is 12.1 Å². The Labute approximate surface area is 124 Å². The van der Waals surface area contributed by atoms with Gasteiger partial charge in [0.25, 0.3) is 0 Å². The van der Waals surface area contributed by atoms with Crippen LogP contribution < -0.4 is 5.32 Å². The highest BCUT2D eigenvalue weighted by Gasteiger charge is 2.35. The molecule has 21 heavy (non-hydrogen) atoms. The summed E-state index contributed by atoms with van der Waals surface area (Å²) in [6.45, 7) is 5.19. The van der Waals surface area contributed by atoms with Crippen LogP contribution in [0, 0.1) is 23.7 Å². The third kappa shape index (κ3) is 7.16. The van der Waals surface area contributed by atoms with Crippen LogP contribution in [0.1, 0.15) is 46.0 Å². The molecule has 1 rings (SSSR count). The van der Waals surface area contributed by atoms with Gasteiger partial charge in [-0.2, -0.15) is 13.2 Å². The lowest BCUT2D eigenvalue weighted by atomic mass is 9.67. The number of halogens is 3. The van der Waals surface area contributed by atoms with Crippen molar-refractivity contribution in [3.63, 3.8) is 0 Å². The first-order chi connectivity index (χ1) is 9.69. The van der Waals surface area contributed by atoms with Crippen LogP contribution in [-0.4, -0.2) is 30.3 Å². The largest absolute Gasteiger partial charge is 0.481 e. The lowest BCUT2D eigenvalue weighted by Gasteiger charge is -2.39. The van der Waals surface area contributed by atoms with Crippen molar-refractivity contribution in [3.8, 4) is 0 Å². The molecule has 0 heterocycles. The van der Waals surface area contributed by atoms with Crippen molar-refractivity contribution < 1.29 is 23.1 Å². The first-order valence-electron chi connectivity index (χ1n) is 7.68. The number of carboxylic acid groups (broad SMARTS) is 1. The molecule has 1 saturated carbocycles. The molecule has 2 N–H and O–H groups in total. The van der Waals surface area contributed by atoms with Gasteiger partial charge in [-0.25, -0.2) is 0 Å². The highest BCUT2D eigenvalue weighted by Crippen LogP contribution is 2.39. The SMILES string of the molecule is CC1CC(C)C(CC(=O)O)C(CNCCCC(F)(F)F)C1. The number of nitrogens with one attached hydrogen (secondary N) is 1. The molecule has 1 aliphatic carbocycles. The van der Waals surface area contributed by atoms with Crippen LogP contribution in [0.15, 0.2) is 0 Å². The molecule has 1 fully saturated rings. The second-order valence-electron chi connectivity index (χ2n) is 6.50. The Morgan fingerprint density at radius 3 is 2.52 bits per heavy atom. The van der Waals surface area contributed by atoms with E-state index >= 15 is 0 Å². The Balaban J connectivity index is 2.39. The molecule has 4 unspecified atom stereocenters. The Kier molecular flexibility index (Phi) is 6.97. The van der Waals surface area contributed by atoms with Crippen molar-refractivity contribution in [3.05, 3.63) is 0 Å². The fraction of sp³-hybridized carbons (Fsp3) is 0.933. The molecule has 0 aromatic carbocycles. The zero-order chi connectivity index (χ0) is 16.0. The summed E-state index contributed by atoms with van der Waals surface area (Å²) in [5.74, 6) is 0.474. The first-order valence-corrected chi connectivity index (χ1v) is 7.68. The van der Waals surface area contributed by atoms with E-state index in [2.05, 4.69) is 19.2 Å². The third-order valence-electron chi connectivity index (χ3n) is 4.45. The summed E-state index contributed by atoms with van der Waals surface area (Å²) in [5, 5.41) is 12.1. The van der Waals surface area contributed by atoms with Crippen LogP contribution >= 0.6 is 0 Å². The fourth-order valence-electron chi connectivity index (χ4n) is 3.57. The summed E-state index contributed by atoms with van der Waals surface area (Å²) in [6, 6.07) is 0. The fourth-order valence-corrected chi connectivity index (χ4v) is 3.57. The first kappa shape index (κ1) is 18.3. The van der Waals surface area contributed by atoms with Crippen LogP contribution in [0.3, 0.4) is 0 Å². The molecule has 0 aliphatic heterocycles. The van der Waals surface area contributed by atoms with Crippen LogP contribution in [0.5, 0.6) is 0 Å². The minimum Gasteiger partial charge on any atom is -0.481 e. The monoisotopic (exact) mass is 309 g/mol. The molecule has 0 amide bonds. The highest BCUT2D eigenvalue weighted by atomic mass is 19.4. The Hall–Kier alpha value is -0.780. The predicted octanol–water partition coefficient (Wildman–Crippen LogP) is 3.69. The van der Waals surface area contributed by atoms with Crippen molar-refractivity contribution in [1.82, 2.24) is 5.32 Å². The molecule has 6 heteroatoms. The van der Waals surface area contributed by atoms with Gasteiger partial charge in [0.1, 0.15) is 0 Å². The van der Waals surface area contributed by atoms with E-state index in [0.717, 1.165) is 12.8 Å². The molecular weight excluding hydrogens is 283 g/mol. The van der Waals surface area contributed by atoms with E-state index in [1.807, 2.05) is 0 Å². The second kappa shape index (κ2) is 8.01. The Morgan fingerprint density at radius 1 is 1.29 bits per heavy atom. The minimum absolute atomic E-state index is 0.0743. The number of carboxylic acids is 1. The van der Waals surface area contributed by atoms with Gasteiger partial charge in [0.15, 0.2) is 0 Å². The maximum absolute atomic E-state index is 12.1. The zero-order valence-electron chi connectivity index (χ0n) is 12.7. The topological polar surface area (TPSA) is 49.3 Å². The average molecular weight is 309 g/mol. The van der Waals surface area contributed by atoms with Gasteiger partial charge in [0, 0.05) is 12.8 Å². The van der Waals surface area contributed by atoms with Crippen molar-refractivity contribution in [2.24, 2.45) is 23.7 Å². The smallest absolute Gasteiger partial charge is 0.389 e. The number of alkyl halides is 3. The van der Waals surface area contributed by atoms with Crippen molar-refractivity contribution in [1.29, 1.82) is 0 Å². The summed E-state index contributed by atoms with van der Waals surface area (Å²) in [5.41, 5.74) is 0. The van der Waals surface area contributed by atoms with Crippen molar-refractivity contribution >= 4 is 5.97 Å². The van der Waals surface area contributed by atoms with Crippen LogP contribution in [0.25, 0.3) is 0 Å². The maximum Gasteiger partial charge on any atom is 0.389 e. The number of aliphatic carboxylic acids is 1. The second-order valence-corrected chi connectivity index (χ2v) is 6.50. The molecular formula is C15H26F3NO2. The summed E-state index contributed by atoms with van der Waals surface area (Å²) in [4.78, 5) is 11.0. The Morgan fingerprint density at radius 2 is 1.95 bits per heavy atom. The van der Waals surface area contributed by atoms with E-state index in [4.69, 9.17) is 5.11 Å². The van der Waals surface area contributed by atoms with Crippen LogP contribution in [-0.2, 0) is 4.79 Å². The molecule has 3 nitrogen and oxygen atoms in total. The number of hydrogen-bond acceptors (Lipinski definition) is 2. The number of hydrogen-bond donors (Lipinski definition) is 2. The van der Waals surface area contributed by atoms with Crippen molar-refractivity contribution in [2.75, 3.05) is 13.1 Å². The van der Waals surface area contributed by atoms with E-state index in [1.54, 1.807) is 0 Å². The van der Waals surface area contributed by atoms with Gasteiger partial charge < -0.3 is 10.4 Å².